The van der Waals surface area contributed by atoms with Crippen molar-refractivity contribution >= 4 is 23.2 Å². The van der Waals surface area contributed by atoms with Crippen molar-refractivity contribution in [1.82, 2.24) is 10.6 Å². The largest absolute Gasteiger partial charge is 0.454 e. The van der Waals surface area contributed by atoms with Gasteiger partial charge in [0.1, 0.15) is 5.92 Å². The average molecular weight is 275 g/mol. The van der Waals surface area contributed by atoms with Crippen LogP contribution >= 0.6 is 12.2 Å². The Bertz CT molecular complexity index is 611. The lowest BCUT2D eigenvalue weighted by atomic mass is 9.92. The highest BCUT2D eigenvalue weighted by atomic mass is 32.1. The van der Waals surface area contributed by atoms with E-state index in [1.54, 1.807) is 18.2 Å². The van der Waals surface area contributed by atoms with E-state index >= 15 is 0 Å². The van der Waals surface area contributed by atoms with Crippen LogP contribution in [0, 0.1) is 17.2 Å². The molecule has 0 saturated carbocycles. The Hall–Kier alpha value is -2.33. The summed E-state index contributed by atoms with van der Waals surface area (Å²) >= 11 is 4.95. The molecule has 0 aliphatic carbocycles. The molecule has 0 radical (unpaired) electrons. The number of rotatable bonds is 1. The van der Waals surface area contributed by atoms with Crippen molar-refractivity contribution in [3.63, 3.8) is 0 Å². The third-order valence-corrected chi connectivity index (χ3v) is 3.25. The van der Waals surface area contributed by atoms with E-state index < -0.39 is 17.9 Å². The summed E-state index contributed by atoms with van der Waals surface area (Å²) in [5.74, 6) is 0.0222. The summed E-state index contributed by atoms with van der Waals surface area (Å²) < 4.78 is 10.5. The normalized spacial score (nSPS) is 24.4. The second kappa shape index (κ2) is 4.40. The van der Waals surface area contributed by atoms with Crippen LogP contribution in [0.2, 0.25) is 0 Å². The quantitative estimate of drug-likeness (QED) is 0.730. The number of nitrogens with zero attached hydrogens (tertiary/aromatic N) is 1. The minimum atomic E-state index is -0.841. The lowest BCUT2D eigenvalue weighted by Gasteiger charge is -2.29. The Labute approximate surface area is 114 Å². The van der Waals surface area contributed by atoms with Gasteiger partial charge in [-0.3, -0.25) is 4.79 Å². The van der Waals surface area contributed by atoms with Gasteiger partial charge in [0.2, 0.25) is 12.7 Å². The van der Waals surface area contributed by atoms with Gasteiger partial charge in [0.25, 0.3) is 0 Å². The monoisotopic (exact) mass is 275 g/mol. The third-order valence-electron chi connectivity index (χ3n) is 3.03. The summed E-state index contributed by atoms with van der Waals surface area (Å²) in [7, 11) is 0. The number of nitriles is 1. The number of nitrogens with one attached hydrogen (secondary N) is 2. The molecule has 3 rings (SSSR count). The molecule has 2 N–H and O–H groups in total. The molecule has 2 aliphatic heterocycles. The first kappa shape index (κ1) is 11.7. The molecule has 2 aliphatic rings. The second-order valence-electron chi connectivity index (χ2n) is 4.16. The lowest BCUT2D eigenvalue weighted by molar-refractivity contribution is -0.123. The number of amides is 1. The maximum Gasteiger partial charge on any atom is 0.245 e. The molecule has 0 aromatic heterocycles. The smallest absolute Gasteiger partial charge is 0.245 e. The Kier molecular flexibility index (Phi) is 2.72. The van der Waals surface area contributed by atoms with E-state index in [2.05, 4.69) is 10.6 Å². The SMILES string of the molecule is N#CC1C(=O)NC(=S)NC1c1ccc2c(c1)OCO2. The van der Waals surface area contributed by atoms with Crippen LogP contribution in [-0.4, -0.2) is 17.8 Å². The van der Waals surface area contributed by atoms with Crippen molar-refractivity contribution in [2.24, 2.45) is 5.92 Å². The highest BCUT2D eigenvalue weighted by Gasteiger charge is 2.35. The highest BCUT2D eigenvalue weighted by Crippen LogP contribution is 2.36. The van der Waals surface area contributed by atoms with E-state index in [1.807, 2.05) is 6.07 Å². The molecule has 1 fully saturated rings. The second-order valence-corrected chi connectivity index (χ2v) is 4.57. The molecule has 1 amide bonds. The molecule has 2 atom stereocenters. The third kappa shape index (κ3) is 1.96. The van der Waals surface area contributed by atoms with Crippen LogP contribution in [0.4, 0.5) is 0 Å². The molecule has 6 nitrogen and oxygen atoms in total. The summed E-state index contributed by atoms with van der Waals surface area (Å²) in [5.41, 5.74) is 0.757. The van der Waals surface area contributed by atoms with Gasteiger partial charge in [-0.05, 0) is 29.9 Å². The van der Waals surface area contributed by atoms with Crippen molar-refractivity contribution in [2.45, 2.75) is 6.04 Å². The Morgan fingerprint density at radius 3 is 2.95 bits per heavy atom. The van der Waals surface area contributed by atoms with E-state index in [1.165, 1.54) is 0 Å². The number of thiocarbonyl (C=S) groups is 1. The van der Waals surface area contributed by atoms with Crippen LogP contribution in [-0.2, 0) is 4.79 Å². The van der Waals surface area contributed by atoms with E-state index in [4.69, 9.17) is 27.0 Å². The summed E-state index contributed by atoms with van der Waals surface area (Å²) in [5, 5.41) is 14.7. The minimum absolute atomic E-state index is 0.178. The molecule has 0 spiro atoms. The van der Waals surface area contributed by atoms with E-state index in [0.29, 0.717) is 11.5 Å². The molecule has 19 heavy (non-hydrogen) atoms. The summed E-state index contributed by atoms with van der Waals surface area (Å²) in [4.78, 5) is 11.7. The molecule has 1 aromatic rings. The Balaban J connectivity index is 1.97. The number of carbonyl (C=O) groups is 1. The fourth-order valence-corrected chi connectivity index (χ4v) is 2.34. The fourth-order valence-electron chi connectivity index (χ4n) is 2.12. The van der Waals surface area contributed by atoms with Gasteiger partial charge in [-0.1, -0.05) is 6.07 Å². The predicted molar refractivity (Wildman–Crippen MR) is 68.3 cm³/mol. The number of fused-ring (bicyclic) bond motifs is 1. The van der Waals surface area contributed by atoms with Gasteiger partial charge in [0.05, 0.1) is 12.1 Å². The first-order valence-electron chi connectivity index (χ1n) is 5.59. The maximum absolute atomic E-state index is 11.7. The summed E-state index contributed by atoms with van der Waals surface area (Å²) in [6.45, 7) is 0.178. The van der Waals surface area contributed by atoms with Gasteiger partial charge in [-0.15, -0.1) is 0 Å². The van der Waals surface area contributed by atoms with Gasteiger partial charge < -0.3 is 20.1 Å². The molecule has 7 heteroatoms. The van der Waals surface area contributed by atoms with Gasteiger partial charge in [-0.2, -0.15) is 5.26 Å². The van der Waals surface area contributed by atoms with Crippen molar-refractivity contribution in [1.29, 1.82) is 5.26 Å². The molecule has 2 unspecified atom stereocenters. The zero-order valence-electron chi connectivity index (χ0n) is 9.67. The van der Waals surface area contributed by atoms with Crippen molar-refractivity contribution < 1.29 is 14.3 Å². The van der Waals surface area contributed by atoms with Gasteiger partial charge >= 0.3 is 0 Å². The zero-order chi connectivity index (χ0) is 13.4. The number of carbonyl (C=O) groups excluding carboxylic acids is 1. The number of hydrogen-bond donors (Lipinski definition) is 2. The van der Waals surface area contributed by atoms with E-state index in [-0.39, 0.29) is 11.9 Å². The van der Waals surface area contributed by atoms with Crippen LogP contribution in [0.15, 0.2) is 18.2 Å². The number of benzene rings is 1. The molecular formula is C12H9N3O3S. The number of hydrogen-bond acceptors (Lipinski definition) is 5. The summed E-state index contributed by atoms with van der Waals surface area (Å²) in [6, 6.07) is 6.80. The van der Waals surface area contributed by atoms with Gasteiger partial charge in [-0.25, -0.2) is 0 Å². The van der Waals surface area contributed by atoms with Crippen LogP contribution in [0.3, 0.4) is 0 Å². The zero-order valence-corrected chi connectivity index (χ0v) is 10.5. The van der Waals surface area contributed by atoms with Crippen LogP contribution < -0.4 is 20.1 Å². The molecule has 96 valence electrons. The van der Waals surface area contributed by atoms with Crippen LogP contribution in [0.1, 0.15) is 11.6 Å². The van der Waals surface area contributed by atoms with Crippen molar-refractivity contribution in [3.8, 4) is 17.6 Å². The molecule has 1 aromatic carbocycles. The lowest BCUT2D eigenvalue weighted by Crippen LogP contribution is -2.53. The maximum atomic E-state index is 11.7. The predicted octanol–water partition coefficient (Wildman–Crippen LogP) is 0.600. The number of ether oxygens (including phenoxy) is 2. The molecule has 1 saturated heterocycles. The average Bonchev–Trinajstić information content (AvgIpc) is 2.85. The van der Waals surface area contributed by atoms with E-state index in [0.717, 1.165) is 5.56 Å². The van der Waals surface area contributed by atoms with Crippen LogP contribution in [0.5, 0.6) is 11.5 Å². The fraction of sp³-hybridized carbons (Fsp3) is 0.250. The standard InChI is InChI=1S/C12H9N3O3S/c13-4-7-10(14-12(19)15-11(7)16)6-1-2-8-9(3-6)18-5-17-8/h1-3,7,10H,5H2,(H2,14,15,16,19). The minimum Gasteiger partial charge on any atom is -0.454 e. The van der Waals surface area contributed by atoms with Crippen molar-refractivity contribution in [3.05, 3.63) is 23.8 Å². The Morgan fingerprint density at radius 2 is 2.16 bits per heavy atom. The highest BCUT2D eigenvalue weighted by molar-refractivity contribution is 7.80. The first-order valence-corrected chi connectivity index (χ1v) is 6.00. The molecule has 0 bridgehead atoms. The first-order chi connectivity index (χ1) is 9.19. The summed E-state index contributed by atoms with van der Waals surface area (Å²) in [6.07, 6.45) is 0. The van der Waals surface area contributed by atoms with E-state index in [9.17, 15) is 4.79 Å². The topological polar surface area (TPSA) is 83.4 Å². The van der Waals surface area contributed by atoms with Crippen molar-refractivity contribution in [2.75, 3.05) is 6.79 Å². The van der Waals surface area contributed by atoms with Gasteiger partial charge in [0, 0.05) is 0 Å². The molecular weight excluding hydrogens is 266 g/mol. The Morgan fingerprint density at radius 1 is 1.37 bits per heavy atom. The molecule has 2 heterocycles. The van der Waals surface area contributed by atoms with Gasteiger partial charge in [0.15, 0.2) is 16.6 Å². The van der Waals surface area contributed by atoms with Crippen LogP contribution in [0.25, 0.3) is 0 Å².